The molecule has 0 aliphatic carbocycles. The van der Waals surface area contributed by atoms with Gasteiger partial charge in [0.15, 0.2) is 5.82 Å². The highest BCUT2D eigenvalue weighted by Gasteiger charge is 2.19. The molecule has 0 radical (unpaired) electrons. The van der Waals surface area contributed by atoms with E-state index < -0.39 is 5.97 Å². The van der Waals surface area contributed by atoms with Crippen molar-refractivity contribution in [2.75, 3.05) is 12.8 Å². The molecule has 100 valence electrons. The van der Waals surface area contributed by atoms with Gasteiger partial charge in [0.2, 0.25) is 5.69 Å². The van der Waals surface area contributed by atoms with Gasteiger partial charge in [0.05, 0.1) is 13.7 Å². The number of methoxy groups -OCH3 is 1. The number of halogens is 2. The molecule has 0 fully saturated rings. The van der Waals surface area contributed by atoms with Crippen LogP contribution in [0.1, 0.15) is 16.1 Å². The smallest absolute Gasteiger partial charge is 0.362 e. The largest absolute Gasteiger partial charge is 0.464 e. The first-order valence-corrected chi connectivity index (χ1v) is 6.00. The SMILES string of the molecule is COC(=O)c1nnn(Cc2c(Cl)cccc2Cl)c1N. The van der Waals surface area contributed by atoms with Crippen LogP contribution in [0, 0.1) is 0 Å². The van der Waals surface area contributed by atoms with Crippen LogP contribution in [0.15, 0.2) is 18.2 Å². The Morgan fingerprint density at radius 1 is 1.42 bits per heavy atom. The molecule has 19 heavy (non-hydrogen) atoms. The van der Waals surface area contributed by atoms with E-state index in [-0.39, 0.29) is 18.1 Å². The predicted molar refractivity (Wildman–Crippen MR) is 71.3 cm³/mol. The Labute approximate surface area is 119 Å². The third-order valence-electron chi connectivity index (χ3n) is 2.52. The lowest BCUT2D eigenvalue weighted by Crippen LogP contribution is -2.10. The molecule has 6 nitrogen and oxygen atoms in total. The van der Waals surface area contributed by atoms with Crippen LogP contribution in [0.5, 0.6) is 0 Å². The van der Waals surface area contributed by atoms with E-state index in [2.05, 4.69) is 15.0 Å². The average Bonchev–Trinajstić information content (AvgIpc) is 2.75. The van der Waals surface area contributed by atoms with Crippen LogP contribution >= 0.6 is 23.2 Å². The van der Waals surface area contributed by atoms with Crippen molar-refractivity contribution in [3.8, 4) is 0 Å². The molecule has 1 aromatic carbocycles. The minimum absolute atomic E-state index is 0.0364. The van der Waals surface area contributed by atoms with Gasteiger partial charge in [0.25, 0.3) is 0 Å². The minimum atomic E-state index is -0.644. The third-order valence-corrected chi connectivity index (χ3v) is 3.23. The van der Waals surface area contributed by atoms with Gasteiger partial charge in [-0.15, -0.1) is 5.10 Å². The van der Waals surface area contributed by atoms with Crippen molar-refractivity contribution in [1.29, 1.82) is 0 Å². The number of esters is 1. The molecule has 0 saturated carbocycles. The molecule has 0 aliphatic rings. The highest BCUT2D eigenvalue weighted by Crippen LogP contribution is 2.25. The van der Waals surface area contributed by atoms with Gasteiger partial charge in [-0.3, -0.25) is 0 Å². The van der Waals surface area contributed by atoms with Crippen LogP contribution in [-0.2, 0) is 11.3 Å². The molecular formula is C11H10Cl2N4O2. The van der Waals surface area contributed by atoms with Crippen LogP contribution in [0.4, 0.5) is 5.82 Å². The predicted octanol–water partition coefficient (Wildman–Crippen LogP) is 2.00. The normalized spacial score (nSPS) is 10.5. The average molecular weight is 301 g/mol. The molecule has 2 rings (SSSR count). The number of rotatable bonds is 3. The lowest BCUT2D eigenvalue weighted by Gasteiger charge is -2.07. The number of anilines is 1. The molecule has 0 amide bonds. The maximum atomic E-state index is 11.4. The van der Waals surface area contributed by atoms with Crippen LogP contribution < -0.4 is 5.73 Å². The molecule has 8 heteroatoms. The van der Waals surface area contributed by atoms with E-state index in [0.717, 1.165) is 0 Å². The molecule has 1 heterocycles. The van der Waals surface area contributed by atoms with E-state index in [1.54, 1.807) is 18.2 Å². The zero-order valence-corrected chi connectivity index (χ0v) is 11.4. The van der Waals surface area contributed by atoms with Crippen molar-refractivity contribution in [1.82, 2.24) is 15.0 Å². The lowest BCUT2D eigenvalue weighted by molar-refractivity contribution is 0.0595. The molecule has 0 atom stereocenters. The number of hydrogen-bond donors (Lipinski definition) is 1. The van der Waals surface area contributed by atoms with Gasteiger partial charge in [-0.25, -0.2) is 9.48 Å². The Hall–Kier alpha value is -1.79. The number of ether oxygens (including phenoxy) is 1. The van der Waals surface area contributed by atoms with Crippen LogP contribution in [0.25, 0.3) is 0 Å². The molecule has 0 bridgehead atoms. The molecule has 2 N–H and O–H groups in total. The van der Waals surface area contributed by atoms with Crippen molar-refractivity contribution in [3.63, 3.8) is 0 Å². The summed E-state index contributed by atoms with van der Waals surface area (Å²) in [5.41, 5.74) is 6.39. The standard InChI is InChI=1S/C11H10Cl2N4O2/c1-19-11(18)9-10(14)17(16-15-9)5-6-7(12)3-2-4-8(6)13/h2-4H,5,14H2,1H3. The molecule has 0 saturated heterocycles. The van der Waals surface area contributed by atoms with Crippen LogP contribution in [0.3, 0.4) is 0 Å². The van der Waals surface area contributed by atoms with E-state index in [1.165, 1.54) is 11.8 Å². The van der Waals surface area contributed by atoms with Gasteiger partial charge in [-0.2, -0.15) is 0 Å². The van der Waals surface area contributed by atoms with E-state index in [9.17, 15) is 4.79 Å². The Kier molecular flexibility index (Phi) is 3.92. The zero-order chi connectivity index (χ0) is 14.0. The van der Waals surface area contributed by atoms with Gasteiger partial charge >= 0.3 is 5.97 Å². The number of nitrogen functional groups attached to an aromatic ring is 1. The fraction of sp³-hybridized carbons (Fsp3) is 0.182. The summed E-state index contributed by atoms with van der Waals surface area (Å²) in [6.45, 7) is 0.217. The van der Waals surface area contributed by atoms with Crippen molar-refractivity contribution in [3.05, 3.63) is 39.5 Å². The second kappa shape index (κ2) is 5.46. The van der Waals surface area contributed by atoms with Crippen LogP contribution in [-0.4, -0.2) is 28.1 Å². The maximum Gasteiger partial charge on any atom is 0.362 e. The molecular weight excluding hydrogens is 291 g/mol. The second-order valence-electron chi connectivity index (χ2n) is 3.67. The quantitative estimate of drug-likeness (QED) is 0.877. The number of aromatic nitrogens is 3. The highest BCUT2D eigenvalue weighted by atomic mass is 35.5. The topological polar surface area (TPSA) is 83.0 Å². The van der Waals surface area contributed by atoms with Crippen LogP contribution in [0.2, 0.25) is 10.0 Å². The number of nitrogens with zero attached hydrogens (tertiary/aromatic N) is 3. The number of carbonyl (C=O) groups excluding carboxylic acids is 1. The summed E-state index contributed by atoms with van der Waals surface area (Å²) in [5, 5.41) is 8.43. The maximum absolute atomic E-state index is 11.4. The first-order valence-electron chi connectivity index (χ1n) is 5.24. The summed E-state index contributed by atoms with van der Waals surface area (Å²) < 4.78 is 5.87. The Balaban J connectivity index is 2.35. The van der Waals surface area contributed by atoms with Crippen molar-refractivity contribution >= 4 is 35.0 Å². The number of carbonyl (C=O) groups is 1. The Morgan fingerprint density at radius 3 is 2.63 bits per heavy atom. The van der Waals surface area contributed by atoms with E-state index in [0.29, 0.717) is 15.6 Å². The summed E-state index contributed by atoms with van der Waals surface area (Å²) >= 11 is 12.1. The van der Waals surface area contributed by atoms with Gasteiger partial charge in [0.1, 0.15) is 0 Å². The summed E-state index contributed by atoms with van der Waals surface area (Å²) in [6, 6.07) is 5.15. The fourth-order valence-corrected chi connectivity index (χ4v) is 2.03. The van der Waals surface area contributed by atoms with Gasteiger partial charge in [0, 0.05) is 15.6 Å². The first-order chi connectivity index (χ1) is 9.04. The highest BCUT2D eigenvalue weighted by molar-refractivity contribution is 6.35. The summed E-state index contributed by atoms with van der Waals surface area (Å²) in [6.07, 6.45) is 0. The summed E-state index contributed by atoms with van der Waals surface area (Å²) in [4.78, 5) is 11.4. The van der Waals surface area contributed by atoms with E-state index in [4.69, 9.17) is 28.9 Å². The molecule has 2 aromatic rings. The van der Waals surface area contributed by atoms with Gasteiger partial charge in [-0.05, 0) is 12.1 Å². The molecule has 0 unspecified atom stereocenters. The third kappa shape index (κ3) is 2.64. The van der Waals surface area contributed by atoms with Gasteiger partial charge in [-0.1, -0.05) is 34.5 Å². The Morgan fingerprint density at radius 2 is 2.05 bits per heavy atom. The Bertz CT molecular complexity index is 607. The first kappa shape index (κ1) is 13.6. The monoisotopic (exact) mass is 300 g/mol. The van der Waals surface area contributed by atoms with E-state index in [1.807, 2.05) is 0 Å². The second-order valence-corrected chi connectivity index (χ2v) is 4.49. The van der Waals surface area contributed by atoms with Crippen molar-refractivity contribution in [2.24, 2.45) is 0 Å². The molecule has 0 aliphatic heterocycles. The summed E-state index contributed by atoms with van der Waals surface area (Å²) in [7, 11) is 1.24. The molecule has 0 spiro atoms. The number of benzene rings is 1. The van der Waals surface area contributed by atoms with Crippen molar-refractivity contribution < 1.29 is 9.53 Å². The zero-order valence-electron chi connectivity index (χ0n) is 9.93. The fourth-order valence-electron chi connectivity index (χ4n) is 1.51. The molecule has 1 aromatic heterocycles. The number of nitrogens with two attached hydrogens (primary N) is 1. The van der Waals surface area contributed by atoms with E-state index >= 15 is 0 Å². The lowest BCUT2D eigenvalue weighted by atomic mass is 10.2. The number of hydrogen-bond acceptors (Lipinski definition) is 5. The summed E-state index contributed by atoms with van der Waals surface area (Å²) in [5.74, 6) is -0.545. The van der Waals surface area contributed by atoms with Crippen molar-refractivity contribution in [2.45, 2.75) is 6.54 Å². The van der Waals surface area contributed by atoms with Gasteiger partial charge < -0.3 is 10.5 Å². The minimum Gasteiger partial charge on any atom is -0.464 e.